The Morgan fingerprint density at radius 1 is 0.800 bits per heavy atom. The number of phenols is 4. The SMILES string of the molecule is Cc1c(C(C)(C)c2ccc(O)c(O)c2)ccc(O)c1O. The Morgan fingerprint density at radius 2 is 1.40 bits per heavy atom. The molecule has 2 aromatic rings. The van der Waals surface area contributed by atoms with Crippen LogP contribution in [-0.2, 0) is 5.41 Å². The average molecular weight is 274 g/mol. The first-order valence-electron chi connectivity index (χ1n) is 6.29. The summed E-state index contributed by atoms with van der Waals surface area (Å²) in [5.74, 6) is -0.653. The van der Waals surface area contributed by atoms with E-state index in [9.17, 15) is 20.4 Å². The highest BCUT2D eigenvalue weighted by atomic mass is 16.3. The zero-order chi connectivity index (χ0) is 15.1. The molecule has 0 unspecified atom stereocenters. The van der Waals surface area contributed by atoms with Crippen molar-refractivity contribution in [2.75, 3.05) is 0 Å². The van der Waals surface area contributed by atoms with E-state index in [0.717, 1.165) is 11.1 Å². The third kappa shape index (κ3) is 2.13. The van der Waals surface area contributed by atoms with Crippen LogP contribution in [0.2, 0.25) is 0 Å². The second-order valence-electron chi connectivity index (χ2n) is 5.43. The fraction of sp³-hybridized carbons (Fsp3) is 0.250. The van der Waals surface area contributed by atoms with Crippen molar-refractivity contribution in [2.45, 2.75) is 26.2 Å². The molecule has 0 aliphatic rings. The highest BCUT2D eigenvalue weighted by Gasteiger charge is 2.27. The summed E-state index contributed by atoms with van der Waals surface area (Å²) in [6.45, 7) is 5.61. The molecule has 0 spiro atoms. The summed E-state index contributed by atoms with van der Waals surface area (Å²) >= 11 is 0. The minimum absolute atomic E-state index is 0.140. The van der Waals surface area contributed by atoms with E-state index in [0.29, 0.717) is 5.56 Å². The molecule has 0 bridgehead atoms. The maximum atomic E-state index is 9.86. The Bertz CT molecular complexity index is 660. The Morgan fingerprint density at radius 3 is 2.00 bits per heavy atom. The van der Waals surface area contributed by atoms with Crippen molar-refractivity contribution in [3.63, 3.8) is 0 Å². The number of hydrogen-bond donors (Lipinski definition) is 4. The molecule has 0 saturated heterocycles. The Balaban J connectivity index is 2.60. The molecule has 0 saturated carbocycles. The highest BCUT2D eigenvalue weighted by Crippen LogP contribution is 2.41. The minimum atomic E-state index is -0.500. The van der Waals surface area contributed by atoms with Gasteiger partial charge in [-0.1, -0.05) is 26.0 Å². The minimum Gasteiger partial charge on any atom is -0.504 e. The molecule has 0 fully saturated rings. The van der Waals surface area contributed by atoms with Crippen LogP contribution in [0, 0.1) is 6.92 Å². The summed E-state index contributed by atoms with van der Waals surface area (Å²) in [6.07, 6.45) is 0. The van der Waals surface area contributed by atoms with E-state index in [1.807, 2.05) is 13.8 Å². The molecule has 0 amide bonds. The van der Waals surface area contributed by atoms with Crippen LogP contribution in [0.5, 0.6) is 23.0 Å². The number of benzene rings is 2. The van der Waals surface area contributed by atoms with Gasteiger partial charge < -0.3 is 20.4 Å². The zero-order valence-electron chi connectivity index (χ0n) is 11.7. The molecule has 4 heteroatoms. The van der Waals surface area contributed by atoms with Gasteiger partial charge in [0.25, 0.3) is 0 Å². The van der Waals surface area contributed by atoms with Gasteiger partial charge in [0.15, 0.2) is 23.0 Å². The standard InChI is InChI=1S/C16H18O4/c1-9-11(5-7-13(18)15(9)20)16(2,3)10-4-6-12(17)14(19)8-10/h4-8,17-20H,1-3H3. The van der Waals surface area contributed by atoms with Gasteiger partial charge in [0.05, 0.1) is 0 Å². The van der Waals surface area contributed by atoms with Gasteiger partial charge in [-0.15, -0.1) is 0 Å². The van der Waals surface area contributed by atoms with Crippen molar-refractivity contribution >= 4 is 0 Å². The average Bonchev–Trinajstić information content (AvgIpc) is 2.38. The van der Waals surface area contributed by atoms with Crippen LogP contribution in [0.1, 0.15) is 30.5 Å². The van der Waals surface area contributed by atoms with Gasteiger partial charge in [-0.3, -0.25) is 0 Å². The molecular formula is C16H18O4. The molecule has 0 radical (unpaired) electrons. The molecule has 0 aliphatic carbocycles. The van der Waals surface area contributed by atoms with E-state index >= 15 is 0 Å². The van der Waals surface area contributed by atoms with Gasteiger partial charge >= 0.3 is 0 Å². The van der Waals surface area contributed by atoms with Crippen molar-refractivity contribution < 1.29 is 20.4 Å². The maximum absolute atomic E-state index is 9.86. The molecule has 20 heavy (non-hydrogen) atoms. The van der Waals surface area contributed by atoms with E-state index in [-0.39, 0.29) is 23.0 Å². The molecule has 0 aromatic heterocycles. The third-order valence-corrected chi connectivity index (χ3v) is 3.78. The first-order chi connectivity index (χ1) is 9.25. The largest absolute Gasteiger partial charge is 0.504 e. The van der Waals surface area contributed by atoms with Crippen molar-refractivity contribution in [3.8, 4) is 23.0 Å². The Labute approximate surface area is 117 Å². The van der Waals surface area contributed by atoms with Gasteiger partial charge in [0.2, 0.25) is 0 Å². The molecular weight excluding hydrogens is 256 g/mol. The van der Waals surface area contributed by atoms with Crippen LogP contribution in [-0.4, -0.2) is 20.4 Å². The van der Waals surface area contributed by atoms with Gasteiger partial charge in [-0.05, 0) is 41.8 Å². The number of phenolic OH excluding ortho intramolecular Hbond substituents is 4. The predicted octanol–water partition coefficient (Wildman–Crippen LogP) is 3.14. The summed E-state index contributed by atoms with van der Waals surface area (Å²) in [6, 6.07) is 7.84. The first kappa shape index (κ1) is 14.1. The van der Waals surface area contributed by atoms with E-state index in [1.54, 1.807) is 19.1 Å². The molecule has 0 atom stereocenters. The topological polar surface area (TPSA) is 80.9 Å². The molecule has 2 aromatic carbocycles. The Kier molecular flexibility index (Phi) is 3.26. The van der Waals surface area contributed by atoms with Crippen LogP contribution in [0.4, 0.5) is 0 Å². The molecule has 4 N–H and O–H groups in total. The summed E-state index contributed by atoms with van der Waals surface area (Å²) < 4.78 is 0. The Hall–Kier alpha value is -2.36. The summed E-state index contributed by atoms with van der Waals surface area (Å²) in [4.78, 5) is 0. The smallest absolute Gasteiger partial charge is 0.160 e. The summed E-state index contributed by atoms with van der Waals surface area (Å²) in [5.41, 5.74) is 1.71. The third-order valence-electron chi connectivity index (χ3n) is 3.78. The molecule has 4 nitrogen and oxygen atoms in total. The lowest BCUT2D eigenvalue weighted by Crippen LogP contribution is -2.20. The van der Waals surface area contributed by atoms with Crippen LogP contribution in [0.15, 0.2) is 30.3 Å². The van der Waals surface area contributed by atoms with Crippen LogP contribution in [0.25, 0.3) is 0 Å². The van der Waals surface area contributed by atoms with Crippen molar-refractivity contribution in [1.29, 1.82) is 0 Å². The van der Waals surface area contributed by atoms with Gasteiger partial charge in [-0.25, -0.2) is 0 Å². The fourth-order valence-corrected chi connectivity index (χ4v) is 2.43. The second-order valence-corrected chi connectivity index (χ2v) is 5.43. The monoisotopic (exact) mass is 274 g/mol. The molecule has 2 rings (SSSR count). The van der Waals surface area contributed by atoms with E-state index in [1.165, 1.54) is 18.2 Å². The lowest BCUT2D eigenvalue weighted by atomic mass is 9.76. The van der Waals surface area contributed by atoms with Crippen molar-refractivity contribution in [2.24, 2.45) is 0 Å². The van der Waals surface area contributed by atoms with Gasteiger partial charge in [0.1, 0.15) is 0 Å². The second kappa shape index (κ2) is 4.63. The molecule has 0 heterocycles. The quantitative estimate of drug-likeness (QED) is 0.634. The normalized spacial score (nSPS) is 11.6. The predicted molar refractivity (Wildman–Crippen MR) is 76.4 cm³/mol. The van der Waals surface area contributed by atoms with E-state index < -0.39 is 5.41 Å². The van der Waals surface area contributed by atoms with Crippen LogP contribution in [0.3, 0.4) is 0 Å². The number of aromatic hydroxyl groups is 4. The van der Waals surface area contributed by atoms with Gasteiger partial charge in [0, 0.05) is 5.41 Å². The fourth-order valence-electron chi connectivity index (χ4n) is 2.43. The van der Waals surface area contributed by atoms with Crippen molar-refractivity contribution in [1.82, 2.24) is 0 Å². The molecule has 106 valence electrons. The first-order valence-corrected chi connectivity index (χ1v) is 6.29. The maximum Gasteiger partial charge on any atom is 0.160 e. The highest BCUT2D eigenvalue weighted by molar-refractivity contribution is 5.54. The van der Waals surface area contributed by atoms with E-state index in [2.05, 4.69) is 0 Å². The number of rotatable bonds is 2. The van der Waals surface area contributed by atoms with Crippen LogP contribution >= 0.6 is 0 Å². The zero-order valence-corrected chi connectivity index (χ0v) is 11.7. The van der Waals surface area contributed by atoms with Gasteiger partial charge in [-0.2, -0.15) is 0 Å². The lowest BCUT2D eigenvalue weighted by Gasteiger charge is -2.28. The summed E-state index contributed by atoms with van der Waals surface area (Å²) in [5, 5.41) is 38.4. The number of hydrogen-bond acceptors (Lipinski definition) is 4. The molecule has 0 aliphatic heterocycles. The van der Waals surface area contributed by atoms with E-state index in [4.69, 9.17) is 0 Å². The summed E-state index contributed by atoms with van der Waals surface area (Å²) in [7, 11) is 0. The van der Waals surface area contributed by atoms with Crippen LogP contribution < -0.4 is 0 Å². The van der Waals surface area contributed by atoms with Crippen molar-refractivity contribution in [3.05, 3.63) is 47.0 Å². The lowest BCUT2D eigenvalue weighted by molar-refractivity contribution is 0.398.